The number of rotatable bonds is 8. The molecule has 0 fully saturated rings. The van der Waals surface area contributed by atoms with Gasteiger partial charge < -0.3 is 19.4 Å². The maximum atomic E-state index is 13.2. The van der Waals surface area contributed by atoms with Crippen molar-refractivity contribution in [1.82, 2.24) is 9.88 Å². The Kier molecular flexibility index (Phi) is 7.16. The van der Waals surface area contributed by atoms with Crippen molar-refractivity contribution in [2.75, 3.05) is 14.2 Å². The van der Waals surface area contributed by atoms with E-state index in [-0.39, 0.29) is 35.8 Å². The highest BCUT2D eigenvalue weighted by Gasteiger charge is 2.32. The van der Waals surface area contributed by atoms with Crippen LogP contribution in [0.25, 0.3) is 10.9 Å². The predicted molar refractivity (Wildman–Crippen MR) is 118 cm³/mol. The monoisotopic (exact) mass is 466 g/mol. The zero-order valence-electron chi connectivity index (χ0n) is 17.6. The second-order valence-corrected chi connectivity index (χ2v) is 7.64. The molecule has 1 aromatic heterocycles. The summed E-state index contributed by atoms with van der Waals surface area (Å²) in [5.74, 6) is 0.927. The van der Waals surface area contributed by atoms with E-state index in [0.29, 0.717) is 28.0 Å². The van der Waals surface area contributed by atoms with Crippen molar-refractivity contribution >= 4 is 22.5 Å². The van der Waals surface area contributed by atoms with Crippen LogP contribution in [-0.4, -0.2) is 18.8 Å². The molecule has 5 nitrogen and oxygen atoms in total. The van der Waals surface area contributed by atoms with Gasteiger partial charge in [-0.3, -0.25) is 4.79 Å². The molecule has 3 rings (SSSR count). The fraction of sp³-hybridized carbons (Fsp3) is 0.261. The van der Waals surface area contributed by atoms with Crippen molar-refractivity contribution in [2.24, 2.45) is 0 Å². The summed E-state index contributed by atoms with van der Waals surface area (Å²) >= 11 is 5.98. The average molecular weight is 467 g/mol. The van der Waals surface area contributed by atoms with E-state index in [1.165, 1.54) is 30.9 Å². The molecule has 0 aliphatic heterocycles. The Morgan fingerprint density at radius 2 is 1.69 bits per heavy atom. The van der Waals surface area contributed by atoms with Crippen molar-refractivity contribution in [1.29, 1.82) is 0 Å². The fourth-order valence-corrected chi connectivity index (χ4v) is 3.62. The number of allylic oxidation sites excluding steroid dienone is 1. The van der Waals surface area contributed by atoms with Gasteiger partial charge in [-0.15, -0.1) is 0 Å². The van der Waals surface area contributed by atoms with E-state index in [9.17, 15) is 18.0 Å². The summed E-state index contributed by atoms with van der Waals surface area (Å²) in [6.45, 7) is 3.74. The molecular weight excluding hydrogens is 445 g/mol. The van der Waals surface area contributed by atoms with Crippen LogP contribution >= 0.6 is 11.6 Å². The molecule has 0 radical (unpaired) electrons. The minimum atomic E-state index is -4.45. The number of hydrogen-bond acceptors (Lipinski definition) is 4. The van der Waals surface area contributed by atoms with Crippen LogP contribution < -0.4 is 20.3 Å². The van der Waals surface area contributed by atoms with Gasteiger partial charge in [0.05, 0.1) is 31.8 Å². The minimum absolute atomic E-state index is 0.0543. The third-order valence-corrected chi connectivity index (χ3v) is 5.08. The smallest absolute Gasteiger partial charge is 0.416 e. The Bertz CT molecular complexity index is 1210. The van der Waals surface area contributed by atoms with Crippen LogP contribution in [0, 0.1) is 0 Å². The van der Waals surface area contributed by atoms with Crippen molar-refractivity contribution in [2.45, 2.75) is 25.8 Å². The Morgan fingerprint density at radius 1 is 1.06 bits per heavy atom. The van der Waals surface area contributed by atoms with Crippen LogP contribution in [-0.2, 0) is 25.8 Å². The molecule has 170 valence electrons. The van der Waals surface area contributed by atoms with Crippen LogP contribution in [0.15, 0.2) is 58.9 Å². The number of methoxy groups -OCH3 is 2. The van der Waals surface area contributed by atoms with Gasteiger partial charge in [-0.25, -0.2) is 0 Å². The Hall–Kier alpha value is -2.97. The molecule has 32 heavy (non-hydrogen) atoms. The molecule has 0 aliphatic carbocycles. The number of aromatic nitrogens is 1. The van der Waals surface area contributed by atoms with E-state index in [0.717, 1.165) is 6.07 Å². The van der Waals surface area contributed by atoms with Gasteiger partial charge in [0, 0.05) is 35.1 Å². The topological polar surface area (TPSA) is 52.5 Å². The molecular formula is C23H22ClF3N2O3. The Balaban J connectivity index is 1.98. The summed E-state index contributed by atoms with van der Waals surface area (Å²) in [5, 5.41) is 3.89. The first kappa shape index (κ1) is 23.7. The number of halogens is 4. The lowest BCUT2D eigenvalue weighted by Crippen LogP contribution is -2.28. The van der Waals surface area contributed by atoms with Gasteiger partial charge in [0.2, 0.25) is 0 Å². The number of ether oxygens (including phenoxy) is 2. The molecule has 0 atom stereocenters. The van der Waals surface area contributed by atoms with Crippen LogP contribution in [0.2, 0.25) is 0 Å². The lowest BCUT2D eigenvalue weighted by molar-refractivity contribution is -0.138. The normalized spacial score (nSPS) is 11.6. The van der Waals surface area contributed by atoms with Gasteiger partial charge in [0.1, 0.15) is 0 Å². The van der Waals surface area contributed by atoms with E-state index in [1.54, 1.807) is 24.3 Å². The zero-order chi connectivity index (χ0) is 23.5. The lowest BCUT2D eigenvalue weighted by Gasteiger charge is -2.16. The SMILES string of the molecule is C=C(Cl)Cn1c(=O)c(CNCc2ccccc2C(F)(F)F)cc2cc(OC)c(OC)cc21. The minimum Gasteiger partial charge on any atom is -0.493 e. The molecule has 0 saturated carbocycles. The summed E-state index contributed by atoms with van der Waals surface area (Å²) in [6, 6.07) is 10.4. The van der Waals surface area contributed by atoms with Crippen molar-refractivity contribution in [3.05, 3.63) is 81.1 Å². The van der Waals surface area contributed by atoms with Gasteiger partial charge in [-0.1, -0.05) is 36.4 Å². The lowest BCUT2D eigenvalue weighted by atomic mass is 10.1. The second-order valence-electron chi connectivity index (χ2n) is 7.10. The van der Waals surface area contributed by atoms with Crippen molar-refractivity contribution < 1.29 is 22.6 Å². The number of alkyl halides is 3. The molecule has 0 bridgehead atoms. The molecule has 2 aromatic carbocycles. The summed E-state index contributed by atoms with van der Waals surface area (Å²) in [6.07, 6.45) is -4.45. The van der Waals surface area contributed by atoms with Gasteiger partial charge in [-0.2, -0.15) is 13.2 Å². The molecule has 0 saturated heterocycles. The van der Waals surface area contributed by atoms with Crippen molar-refractivity contribution in [3.8, 4) is 11.5 Å². The summed E-state index contributed by atoms with van der Waals surface area (Å²) < 4.78 is 51.8. The van der Waals surface area contributed by atoms with Crippen LogP contribution in [0.1, 0.15) is 16.7 Å². The summed E-state index contributed by atoms with van der Waals surface area (Å²) in [4.78, 5) is 13.1. The number of nitrogens with one attached hydrogen (secondary N) is 1. The highest BCUT2D eigenvalue weighted by molar-refractivity contribution is 6.29. The highest BCUT2D eigenvalue weighted by atomic mass is 35.5. The van der Waals surface area contributed by atoms with Crippen LogP contribution in [0.4, 0.5) is 13.2 Å². The van der Waals surface area contributed by atoms with Gasteiger partial charge in [0.15, 0.2) is 11.5 Å². The van der Waals surface area contributed by atoms with E-state index in [4.69, 9.17) is 21.1 Å². The first-order valence-corrected chi connectivity index (χ1v) is 10.0. The molecule has 0 spiro atoms. The first-order chi connectivity index (χ1) is 15.2. The average Bonchev–Trinajstić information content (AvgIpc) is 2.75. The standard InChI is InChI=1S/C23H22ClF3N2O3/c1-14(24)13-29-19-10-21(32-3)20(31-2)9-16(19)8-17(22(29)30)12-28-11-15-6-4-5-7-18(15)23(25,26)27/h4-10,28H,1,11-13H2,2-3H3. The fourth-order valence-electron chi connectivity index (χ4n) is 3.50. The third-order valence-electron chi connectivity index (χ3n) is 4.96. The van der Waals surface area contributed by atoms with Crippen molar-refractivity contribution in [3.63, 3.8) is 0 Å². The summed E-state index contributed by atoms with van der Waals surface area (Å²) in [5.41, 5.74) is -0.00350. The molecule has 0 unspecified atom stereocenters. The largest absolute Gasteiger partial charge is 0.493 e. The quantitative estimate of drug-likeness (QED) is 0.503. The number of fused-ring (bicyclic) bond motifs is 1. The molecule has 3 aromatic rings. The maximum Gasteiger partial charge on any atom is 0.416 e. The number of hydrogen-bond donors (Lipinski definition) is 1. The van der Waals surface area contributed by atoms with E-state index in [2.05, 4.69) is 11.9 Å². The number of benzene rings is 2. The first-order valence-electron chi connectivity index (χ1n) is 9.63. The molecule has 9 heteroatoms. The molecule has 0 aliphatic rings. The Morgan fingerprint density at radius 3 is 2.31 bits per heavy atom. The number of nitrogens with zero attached hydrogens (tertiary/aromatic N) is 1. The van der Waals surface area contributed by atoms with Crippen LogP contribution in [0.3, 0.4) is 0 Å². The molecule has 1 heterocycles. The second kappa shape index (κ2) is 9.67. The molecule has 0 amide bonds. The van der Waals surface area contributed by atoms with E-state index in [1.807, 2.05) is 0 Å². The van der Waals surface area contributed by atoms with Gasteiger partial charge in [-0.05, 0) is 23.8 Å². The number of pyridine rings is 1. The van der Waals surface area contributed by atoms with E-state index < -0.39 is 11.7 Å². The van der Waals surface area contributed by atoms with Gasteiger partial charge >= 0.3 is 6.18 Å². The van der Waals surface area contributed by atoms with E-state index >= 15 is 0 Å². The third kappa shape index (κ3) is 5.08. The zero-order valence-corrected chi connectivity index (χ0v) is 18.3. The summed E-state index contributed by atoms with van der Waals surface area (Å²) in [7, 11) is 2.99. The maximum absolute atomic E-state index is 13.2. The van der Waals surface area contributed by atoms with Crippen LogP contribution in [0.5, 0.6) is 11.5 Å². The molecule has 1 N–H and O–H groups in total. The predicted octanol–water partition coefficient (Wildman–Crippen LogP) is 5.08. The Labute approximate surface area is 188 Å². The van der Waals surface area contributed by atoms with Gasteiger partial charge in [0.25, 0.3) is 5.56 Å². The highest BCUT2D eigenvalue weighted by Crippen LogP contribution is 2.33.